The summed E-state index contributed by atoms with van der Waals surface area (Å²) >= 11 is 3.37. The van der Waals surface area contributed by atoms with E-state index in [1.165, 1.54) is 16.7 Å². The highest BCUT2D eigenvalue weighted by Crippen LogP contribution is 2.33. The number of thiophene rings is 1. The summed E-state index contributed by atoms with van der Waals surface area (Å²) in [5.74, 6) is 1.60. The molecule has 4 nitrogen and oxygen atoms in total. The monoisotopic (exact) mass is 320 g/mol. The summed E-state index contributed by atoms with van der Waals surface area (Å²) in [6.07, 6.45) is 1.32. The number of nitrogens with zero attached hydrogens (tertiary/aromatic N) is 1. The Bertz CT molecular complexity index is 527. The highest BCUT2D eigenvalue weighted by molar-refractivity contribution is 8.00. The van der Waals surface area contributed by atoms with Crippen LogP contribution in [0.5, 0.6) is 0 Å². The molecule has 1 aliphatic heterocycles. The van der Waals surface area contributed by atoms with Gasteiger partial charge in [0.15, 0.2) is 9.84 Å². The third-order valence-corrected chi connectivity index (χ3v) is 7.23. The van der Waals surface area contributed by atoms with Crippen molar-refractivity contribution in [3.8, 4) is 0 Å². The van der Waals surface area contributed by atoms with E-state index in [2.05, 4.69) is 17.9 Å². The van der Waals surface area contributed by atoms with Crippen LogP contribution in [0.2, 0.25) is 0 Å². The van der Waals surface area contributed by atoms with Gasteiger partial charge in [-0.2, -0.15) is 11.8 Å². The average molecular weight is 321 g/mol. The molecule has 1 saturated heterocycles. The van der Waals surface area contributed by atoms with Crippen molar-refractivity contribution in [2.45, 2.75) is 18.3 Å². The topological polar surface area (TPSA) is 63.4 Å². The first-order chi connectivity index (χ1) is 8.95. The molecule has 2 atom stereocenters. The molecule has 108 valence electrons. The minimum atomic E-state index is -3.08. The zero-order valence-electron chi connectivity index (χ0n) is 11.2. The molecule has 0 bridgehead atoms. The predicted octanol–water partition coefficient (Wildman–Crippen LogP) is 1.48. The molecule has 2 N–H and O–H groups in total. The fourth-order valence-corrected chi connectivity index (χ4v) is 6.42. The van der Waals surface area contributed by atoms with Gasteiger partial charge in [0, 0.05) is 35.7 Å². The Morgan fingerprint density at radius 1 is 1.58 bits per heavy atom. The van der Waals surface area contributed by atoms with Crippen LogP contribution in [-0.4, -0.2) is 49.5 Å². The highest BCUT2D eigenvalue weighted by atomic mass is 32.2. The Morgan fingerprint density at radius 3 is 2.84 bits per heavy atom. The number of aryl methyl sites for hydroxylation is 1. The molecule has 0 aromatic carbocycles. The fraction of sp³-hybridized carbons (Fsp3) is 0.667. The second-order valence-corrected chi connectivity index (χ2v) is 9.12. The van der Waals surface area contributed by atoms with E-state index in [1.54, 1.807) is 23.1 Å². The van der Waals surface area contributed by atoms with E-state index in [-0.39, 0.29) is 6.04 Å². The second kappa shape index (κ2) is 6.13. The number of nitrogens with two attached hydrogens (primary N) is 1. The third-order valence-electron chi connectivity index (χ3n) is 3.45. The van der Waals surface area contributed by atoms with Gasteiger partial charge >= 0.3 is 0 Å². The molecule has 2 rings (SSSR count). The number of rotatable bonds is 4. The van der Waals surface area contributed by atoms with Gasteiger partial charge in [-0.05, 0) is 23.9 Å². The summed E-state index contributed by atoms with van der Waals surface area (Å²) in [5.41, 5.74) is 7.13. The van der Waals surface area contributed by atoms with Gasteiger partial charge in [-0.25, -0.2) is 8.42 Å². The van der Waals surface area contributed by atoms with Crippen molar-refractivity contribution in [2.24, 2.45) is 5.73 Å². The molecule has 1 aliphatic rings. The van der Waals surface area contributed by atoms with Gasteiger partial charge in [0.05, 0.1) is 6.04 Å². The molecular formula is C12H20N2O2S3. The minimum Gasteiger partial charge on any atom is -0.329 e. The molecular weight excluding hydrogens is 300 g/mol. The molecule has 7 heteroatoms. The standard InChI is InChI=1S/C12H20N2O2S3/c1-9-3-5-18-12(9)10(7-13)14-4-6-17-8-11(14)19(2,15)16/h3,5,10-11H,4,6-8,13H2,1-2H3. The summed E-state index contributed by atoms with van der Waals surface area (Å²) < 4.78 is 24.0. The maximum atomic E-state index is 12.0. The first-order valence-corrected chi connectivity index (χ1v) is 10.2. The zero-order valence-corrected chi connectivity index (χ0v) is 13.7. The molecule has 2 unspecified atom stereocenters. The molecule has 19 heavy (non-hydrogen) atoms. The maximum absolute atomic E-state index is 12.0. The van der Waals surface area contributed by atoms with Crippen LogP contribution in [0, 0.1) is 6.92 Å². The van der Waals surface area contributed by atoms with Crippen molar-refractivity contribution < 1.29 is 8.42 Å². The summed E-state index contributed by atoms with van der Waals surface area (Å²) in [7, 11) is -3.08. The molecule has 1 fully saturated rings. The highest BCUT2D eigenvalue weighted by Gasteiger charge is 2.36. The van der Waals surface area contributed by atoms with E-state index in [1.807, 2.05) is 5.38 Å². The van der Waals surface area contributed by atoms with E-state index >= 15 is 0 Å². The van der Waals surface area contributed by atoms with E-state index in [4.69, 9.17) is 5.73 Å². The van der Waals surface area contributed by atoms with E-state index in [0.717, 1.165) is 12.3 Å². The molecule has 0 radical (unpaired) electrons. The van der Waals surface area contributed by atoms with Crippen LogP contribution in [-0.2, 0) is 9.84 Å². The predicted molar refractivity (Wildman–Crippen MR) is 83.5 cm³/mol. The Balaban J connectivity index is 2.33. The van der Waals surface area contributed by atoms with Crippen molar-refractivity contribution >= 4 is 32.9 Å². The Kier molecular flexibility index (Phi) is 4.94. The van der Waals surface area contributed by atoms with Crippen LogP contribution < -0.4 is 5.73 Å². The van der Waals surface area contributed by atoms with Crippen LogP contribution >= 0.6 is 23.1 Å². The molecule has 0 aliphatic carbocycles. The first kappa shape index (κ1) is 15.3. The summed E-state index contributed by atoms with van der Waals surface area (Å²) in [5, 5.41) is 1.63. The van der Waals surface area contributed by atoms with Crippen molar-refractivity contribution in [3.05, 3.63) is 21.9 Å². The smallest absolute Gasteiger partial charge is 0.164 e. The zero-order chi connectivity index (χ0) is 14.0. The molecule has 2 heterocycles. The van der Waals surface area contributed by atoms with Crippen molar-refractivity contribution in [3.63, 3.8) is 0 Å². The molecule has 0 saturated carbocycles. The molecule has 1 aromatic rings. The van der Waals surface area contributed by atoms with Gasteiger partial charge in [-0.15, -0.1) is 11.3 Å². The Hall–Kier alpha value is -0.0800. The van der Waals surface area contributed by atoms with Gasteiger partial charge in [-0.1, -0.05) is 0 Å². The van der Waals surface area contributed by atoms with Crippen LogP contribution in [0.15, 0.2) is 11.4 Å². The molecule has 1 aromatic heterocycles. The number of thioether (sulfide) groups is 1. The Morgan fingerprint density at radius 2 is 2.32 bits per heavy atom. The van der Waals surface area contributed by atoms with Gasteiger partial charge in [0.25, 0.3) is 0 Å². The lowest BCUT2D eigenvalue weighted by Crippen LogP contribution is -2.50. The third kappa shape index (κ3) is 3.33. The lowest BCUT2D eigenvalue weighted by molar-refractivity contribution is 0.200. The van der Waals surface area contributed by atoms with Crippen LogP contribution in [0.4, 0.5) is 0 Å². The van der Waals surface area contributed by atoms with E-state index in [0.29, 0.717) is 12.3 Å². The van der Waals surface area contributed by atoms with Crippen molar-refractivity contribution in [1.29, 1.82) is 0 Å². The molecule has 0 spiro atoms. The van der Waals surface area contributed by atoms with Gasteiger partial charge < -0.3 is 5.73 Å². The second-order valence-electron chi connectivity index (χ2n) is 4.82. The SMILES string of the molecule is Cc1ccsc1C(CN)N1CCSCC1S(C)(=O)=O. The first-order valence-electron chi connectivity index (χ1n) is 6.21. The van der Waals surface area contributed by atoms with E-state index in [9.17, 15) is 8.42 Å². The van der Waals surface area contributed by atoms with Crippen molar-refractivity contribution in [2.75, 3.05) is 30.9 Å². The quantitative estimate of drug-likeness (QED) is 0.910. The summed E-state index contributed by atoms with van der Waals surface area (Å²) in [6, 6.07) is 2.08. The summed E-state index contributed by atoms with van der Waals surface area (Å²) in [4.78, 5) is 3.27. The summed E-state index contributed by atoms with van der Waals surface area (Å²) in [6.45, 7) is 3.29. The average Bonchev–Trinajstić information content (AvgIpc) is 2.76. The number of hydrogen-bond acceptors (Lipinski definition) is 6. The Labute approximate surface area is 123 Å². The maximum Gasteiger partial charge on any atom is 0.164 e. The number of sulfone groups is 1. The minimum absolute atomic E-state index is 0.0145. The largest absolute Gasteiger partial charge is 0.329 e. The van der Waals surface area contributed by atoms with Crippen LogP contribution in [0.3, 0.4) is 0 Å². The van der Waals surface area contributed by atoms with Gasteiger partial charge in [0.1, 0.15) is 5.37 Å². The van der Waals surface area contributed by atoms with Gasteiger partial charge in [-0.3, -0.25) is 4.90 Å². The van der Waals surface area contributed by atoms with Crippen LogP contribution in [0.1, 0.15) is 16.5 Å². The van der Waals surface area contributed by atoms with Crippen LogP contribution in [0.25, 0.3) is 0 Å². The fourth-order valence-electron chi connectivity index (χ4n) is 2.44. The number of hydrogen-bond donors (Lipinski definition) is 1. The lowest BCUT2D eigenvalue weighted by Gasteiger charge is -2.39. The lowest BCUT2D eigenvalue weighted by atomic mass is 10.1. The van der Waals surface area contributed by atoms with Gasteiger partial charge in [0.2, 0.25) is 0 Å². The van der Waals surface area contributed by atoms with Crippen molar-refractivity contribution in [1.82, 2.24) is 4.90 Å². The van der Waals surface area contributed by atoms with E-state index < -0.39 is 15.2 Å². The normalized spacial score (nSPS) is 23.4. The molecule has 0 amide bonds.